The molecule has 9 heteroatoms. The molecule has 0 aromatic heterocycles. The number of phenols is 2. The predicted molar refractivity (Wildman–Crippen MR) is 118 cm³/mol. The summed E-state index contributed by atoms with van der Waals surface area (Å²) in [6.07, 6.45) is 0. The van der Waals surface area contributed by atoms with Crippen molar-refractivity contribution in [3.63, 3.8) is 0 Å². The highest BCUT2D eigenvalue weighted by Crippen LogP contribution is 2.37. The van der Waals surface area contributed by atoms with E-state index in [0.29, 0.717) is 17.1 Å². The third kappa shape index (κ3) is 4.58. The van der Waals surface area contributed by atoms with Crippen molar-refractivity contribution in [2.24, 2.45) is 20.5 Å². The van der Waals surface area contributed by atoms with Crippen LogP contribution >= 0.6 is 0 Å². The molecule has 0 aliphatic carbocycles. The lowest BCUT2D eigenvalue weighted by Crippen LogP contribution is -2.29. The number of azo groups is 2. The molecule has 0 spiro atoms. The van der Waals surface area contributed by atoms with Gasteiger partial charge in [-0.3, -0.25) is 0 Å². The molecular formula is C22H17BN4O4. The van der Waals surface area contributed by atoms with Gasteiger partial charge in [0.1, 0.15) is 22.9 Å². The van der Waals surface area contributed by atoms with Crippen molar-refractivity contribution in [2.45, 2.75) is 0 Å². The van der Waals surface area contributed by atoms with E-state index in [1.54, 1.807) is 36.4 Å². The Balaban J connectivity index is 1.57. The summed E-state index contributed by atoms with van der Waals surface area (Å²) in [5.41, 5.74) is 1.61. The molecule has 0 saturated carbocycles. The topological polar surface area (TPSA) is 130 Å². The minimum Gasteiger partial charge on any atom is -0.506 e. The van der Waals surface area contributed by atoms with Gasteiger partial charge in [-0.15, -0.1) is 10.2 Å². The van der Waals surface area contributed by atoms with Crippen molar-refractivity contribution in [2.75, 3.05) is 0 Å². The molecule has 0 aliphatic rings. The van der Waals surface area contributed by atoms with Gasteiger partial charge in [0, 0.05) is 11.5 Å². The van der Waals surface area contributed by atoms with E-state index < -0.39 is 7.12 Å². The summed E-state index contributed by atoms with van der Waals surface area (Å²) in [7, 11) is -1.60. The van der Waals surface area contributed by atoms with Crippen LogP contribution in [0.15, 0.2) is 99.3 Å². The maximum absolute atomic E-state index is 10.3. The first-order chi connectivity index (χ1) is 15.0. The van der Waals surface area contributed by atoms with Gasteiger partial charge in [-0.2, -0.15) is 10.2 Å². The number of nitrogens with zero attached hydrogens (tertiary/aromatic N) is 4. The summed E-state index contributed by atoms with van der Waals surface area (Å²) in [6, 6.07) is 21.7. The number of hydrogen-bond donors (Lipinski definition) is 4. The zero-order chi connectivity index (χ0) is 21.8. The van der Waals surface area contributed by atoms with E-state index in [2.05, 4.69) is 20.5 Å². The molecule has 31 heavy (non-hydrogen) atoms. The first kappa shape index (κ1) is 20.2. The molecule has 4 aromatic rings. The van der Waals surface area contributed by atoms with Gasteiger partial charge in [0.15, 0.2) is 0 Å². The maximum atomic E-state index is 10.3. The van der Waals surface area contributed by atoms with Crippen LogP contribution in [0.2, 0.25) is 0 Å². The quantitative estimate of drug-likeness (QED) is 0.278. The Morgan fingerprint density at radius 2 is 1.39 bits per heavy atom. The van der Waals surface area contributed by atoms with Crippen molar-refractivity contribution >= 4 is 46.1 Å². The molecule has 0 saturated heterocycles. The number of fused-ring (bicyclic) bond motifs is 1. The van der Waals surface area contributed by atoms with Crippen LogP contribution in [-0.2, 0) is 0 Å². The van der Waals surface area contributed by atoms with Crippen LogP contribution in [0.3, 0.4) is 0 Å². The number of benzene rings is 4. The summed E-state index contributed by atoms with van der Waals surface area (Å²) in [4.78, 5) is 0. The molecule has 8 nitrogen and oxygen atoms in total. The fourth-order valence-electron chi connectivity index (χ4n) is 2.97. The van der Waals surface area contributed by atoms with Crippen molar-refractivity contribution in [3.8, 4) is 11.5 Å². The third-order valence-corrected chi connectivity index (χ3v) is 4.55. The Morgan fingerprint density at radius 1 is 0.613 bits per heavy atom. The maximum Gasteiger partial charge on any atom is 0.488 e. The van der Waals surface area contributed by atoms with Gasteiger partial charge >= 0.3 is 7.12 Å². The average Bonchev–Trinajstić information content (AvgIpc) is 2.78. The van der Waals surface area contributed by atoms with Crippen LogP contribution in [0.25, 0.3) is 10.8 Å². The lowest BCUT2D eigenvalue weighted by Gasteiger charge is -2.04. The normalized spacial score (nSPS) is 11.5. The average molecular weight is 412 g/mol. The molecule has 0 bridgehead atoms. The predicted octanol–water partition coefficient (Wildman–Crippen LogP) is 4.76. The summed E-state index contributed by atoms with van der Waals surface area (Å²) in [5.74, 6) is -0.145. The highest BCUT2D eigenvalue weighted by molar-refractivity contribution is 6.58. The zero-order valence-corrected chi connectivity index (χ0v) is 16.2. The van der Waals surface area contributed by atoms with Crippen molar-refractivity contribution in [1.29, 1.82) is 0 Å². The Kier molecular flexibility index (Phi) is 5.70. The summed E-state index contributed by atoms with van der Waals surface area (Å²) in [5, 5.41) is 56.8. The highest BCUT2D eigenvalue weighted by Gasteiger charge is 2.11. The molecule has 4 aromatic carbocycles. The van der Waals surface area contributed by atoms with Gasteiger partial charge in [0.2, 0.25) is 0 Å². The van der Waals surface area contributed by atoms with Crippen LogP contribution in [0.1, 0.15) is 0 Å². The van der Waals surface area contributed by atoms with Crippen LogP contribution in [-0.4, -0.2) is 27.4 Å². The number of hydrogen-bond acceptors (Lipinski definition) is 8. The van der Waals surface area contributed by atoms with E-state index in [-0.39, 0.29) is 22.6 Å². The summed E-state index contributed by atoms with van der Waals surface area (Å²) >= 11 is 0. The highest BCUT2D eigenvalue weighted by atomic mass is 16.4. The summed E-state index contributed by atoms with van der Waals surface area (Å²) in [6.45, 7) is 0. The first-order valence-electron chi connectivity index (χ1n) is 9.34. The molecule has 0 aliphatic heterocycles. The van der Waals surface area contributed by atoms with Gasteiger partial charge in [0.25, 0.3) is 0 Å². The standard InChI is InChI=1S/C22H17BN4O4/c28-20-11-8-14-4-1-2-7-18(14)22(20)27-25-17-9-10-19(21(29)13-17)26-24-16-6-3-5-15(12-16)23(30)31/h1-13,28-31H. The van der Waals surface area contributed by atoms with Gasteiger partial charge in [-0.1, -0.05) is 42.5 Å². The molecular weight excluding hydrogens is 395 g/mol. The number of rotatable bonds is 5. The second kappa shape index (κ2) is 8.74. The van der Waals surface area contributed by atoms with E-state index in [1.807, 2.05) is 24.3 Å². The molecule has 0 fully saturated rings. The van der Waals surface area contributed by atoms with Gasteiger partial charge in [-0.25, -0.2) is 0 Å². The Hall–Kier alpha value is -4.08. The van der Waals surface area contributed by atoms with Crippen LogP contribution < -0.4 is 5.46 Å². The Labute approximate surface area is 177 Å². The number of aromatic hydroxyl groups is 2. The first-order valence-corrected chi connectivity index (χ1v) is 9.34. The van der Waals surface area contributed by atoms with Gasteiger partial charge in [0.05, 0.1) is 11.4 Å². The van der Waals surface area contributed by atoms with Crippen LogP contribution in [0, 0.1) is 0 Å². The van der Waals surface area contributed by atoms with Gasteiger partial charge < -0.3 is 20.3 Å². The van der Waals surface area contributed by atoms with Crippen molar-refractivity contribution in [1.82, 2.24) is 0 Å². The Bertz CT molecular complexity index is 1310. The zero-order valence-electron chi connectivity index (χ0n) is 16.2. The Morgan fingerprint density at radius 3 is 2.19 bits per heavy atom. The second-order valence-corrected chi connectivity index (χ2v) is 6.70. The second-order valence-electron chi connectivity index (χ2n) is 6.70. The van der Waals surface area contributed by atoms with E-state index >= 15 is 0 Å². The van der Waals surface area contributed by atoms with Crippen molar-refractivity contribution in [3.05, 3.63) is 78.9 Å². The molecule has 152 valence electrons. The summed E-state index contributed by atoms with van der Waals surface area (Å²) < 4.78 is 0. The van der Waals surface area contributed by atoms with E-state index in [4.69, 9.17) is 0 Å². The minimum absolute atomic E-state index is 0.00678. The minimum atomic E-state index is -1.60. The fourth-order valence-corrected chi connectivity index (χ4v) is 2.97. The third-order valence-electron chi connectivity index (χ3n) is 4.55. The smallest absolute Gasteiger partial charge is 0.488 e. The molecule has 4 rings (SSSR count). The van der Waals surface area contributed by atoms with E-state index in [0.717, 1.165) is 10.8 Å². The molecule has 0 amide bonds. The van der Waals surface area contributed by atoms with Crippen molar-refractivity contribution < 1.29 is 20.3 Å². The lowest BCUT2D eigenvalue weighted by atomic mass is 9.80. The van der Waals surface area contributed by atoms with E-state index in [1.165, 1.54) is 18.2 Å². The monoisotopic (exact) mass is 412 g/mol. The molecule has 0 heterocycles. The molecule has 4 N–H and O–H groups in total. The number of phenolic OH excluding ortho intramolecular Hbond substituents is 2. The molecule has 0 atom stereocenters. The van der Waals surface area contributed by atoms with Crippen LogP contribution in [0.5, 0.6) is 11.5 Å². The van der Waals surface area contributed by atoms with E-state index in [9.17, 15) is 20.3 Å². The largest absolute Gasteiger partial charge is 0.506 e. The van der Waals surface area contributed by atoms with Gasteiger partial charge in [-0.05, 0) is 41.2 Å². The molecule has 0 radical (unpaired) electrons. The SMILES string of the molecule is OB(O)c1cccc(N=Nc2ccc(N=Nc3c(O)ccc4ccccc34)cc2O)c1. The molecule has 0 unspecified atom stereocenters. The fraction of sp³-hybridized carbons (Fsp3) is 0. The van der Waals surface area contributed by atoms with Crippen LogP contribution in [0.4, 0.5) is 22.7 Å². The lowest BCUT2D eigenvalue weighted by molar-refractivity contribution is 0.426.